The Labute approximate surface area is 176 Å². The molecule has 0 saturated carbocycles. The van der Waals surface area contributed by atoms with Gasteiger partial charge in [0.1, 0.15) is 5.75 Å². The van der Waals surface area contributed by atoms with Crippen molar-refractivity contribution in [1.82, 2.24) is 20.4 Å². The highest BCUT2D eigenvalue weighted by Crippen LogP contribution is 2.37. The minimum absolute atomic E-state index is 0.0265. The summed E-state index contributed by atoms with van der Waals surface area (Å²) in [5.74, 6) is -0.104. The minimum Gasteiger partial charge on any atom is -0.497 e. The number of aryl methyl sites for hydroxylation is 1. The molecule has 8 nitrogen and oxygen atoms in total. The molecule has 3 heterocycles. The monoisotopic (exact) mass is 414 g/mol. The normalized spacial score (nSPS) is 28.1. The van der Waals surface area contributed by atoms with Crippen LogP contribution in [0.2, 0.25) is 0 Å². The van der Waals surface area contributed by atoms with Crippen LogP contribution in [0.4, 0.5) is 0 Å². The first-order valence-electron chi connectivity index (χ1n) is 10.6. The van der Waals surface area contributed by atoms with Crippen molar-refractivity contribution >= 4 is 17.7 Å². The number of fused-ring (bicyclic) bond motifs is 1. The number of rotatable bonds is 3. The van der Waals surface area contributed by atoms with Crippen LogP contribution in [0.15, 0.2) is 18.2 Å². The van der Waals surface area contributed by atoms with Crippen molar-refractivity contribution in [2.75, 3.05) is 40.8 Å². The number of likely N-dealkylation sites (tertiary alicyclic amines) is 1. The van der Waals surface area contributed by atoms with E-state index in [4.69, 9.17) is 4.74 Å². The molecule has 1 aromatic carbocycles. The van der Waals surface area contributed by atoms with Gasteiger partial charge in [0, 0.05) is 32.7 Å². The zero-order chi connectivity index (χ0) is 21.5. The van der Waals surface area contributed by atoms with E-state index in [2.05, 4.69) is 10.6 Å². The third-order valence-electron chi connectivity index (χ3n) is 6.72. The summed E-state index contributed by atoms with van der Waals surface area (Å²) in [5, 5.41) is 6.42. The molecule has 0 aliphatic carbocycles. The van der Waals surface area contributed by atoms with E-state index in [0.717, 1.165) is 24.9 Å². The fourth-order valence-corrected chi connectivity index (χ4v) is 5.03. The molecule has 1 aromatic rings. The summed E-state index contributed by atoms with van der Waals surface area (Å²) in [5.41, 5.74) is 0.729. The first-order valence-corrected chi connectivity index (χ1v) is 10.6. The van der Waals surface area contributed by atoms with Crippen molar-refractivity contribution in [2.24, 2.45) is 5.92 Å². The second-order valence-corrected chi connectivity index (χ2v) is 8.79. The fourth-order valence-electron chi connectivity index (χ4n) is 5.03. The Morgan fingerprint density at radius 2 is 2.10 bits per heavy atom. The topological polar surface area (TPSA) is 91.0 Å². The van der Waals surface area contributed by atoms with E-state index in [1.54, 1.807) is 37.1 Å². The van der Waals surface area contributed by atoms with Gasteiger partial charge in [0.15, 0.2) is 0 Å². The molecule has 3 atom stereocenters. The Morgan fingerprint density at radius 1 is 1.30 bits per heavy atom. The van der Waals surface area contributed by atoms with Crippen LogP contribution in [0.1, 0.15) is 35.2 Å². The number of carbonyl (C=O) groups excluding carboxylic acids is 3. The van der Waals surface area contributed by atoms with Crippen LogP contribution in [-0.2, 0) is 16.0 Å². The smallest absolute Gasteiger partial charge is 0.252 e. The second-order valence-electron chi connectivity index (χ2n) is 8.79. The minimum atomic E-state index is -0.779. The van der Waals surface area contributed by atoms with E-state index in [0.29, 0.717) is 37.2 Å². The maximum atomic E-state index is 13.2. The van der Waals surface area contributed by atoms with E-state index < -0.39 is 11.5 Å². The summed E-state index contributed by atoms with van der Waals surface area (Å²) in [6, 6.07) is 5.31. The molecule has 3 aliphatic heterocycles. The van der Waals surface area contributed by atoms with E-state index in [-0.39, 0.29) is 23.8 Å². The van der Waals surface area contributed by atoms with Crippen molar-refractivity contribution < 1.29 is 19.1 Å². The van der Waals surface area contributed by atoms with Crippen LogP contribution in [0.5, 0.6) is 5.75 Å². The van der Waals surface area contributed by atoms with Gasteiger partial charge < -0.3 is 25.2 Å². The molecular formula is C22H30N4O4. The first-order chi connectivity index (χ1) is 14.3. The van der Waals surface area contributed by atoms with Crippen molar-refractivity contribution in [3.05, 3.63) is 29.3 Å². The van der Waals surface area contributed by atoms with Gasteiger partial charge in [0.05, 0.1) is 24.6 Å². The Balaban J connectivity index is 1.65. The molecule has 2 saturated heterocycles. The number of ether oxygens (including phenoxy) is 1. The Hall–Kier alpha value is -2.61. The lowest BCUT2D eigenvalue weighted by atomic mass is 9.81. The van der Waals surface area contributed by atoms with Crippen LogP contribution in [0.3, 0.4) is 0 Å². The van der Waals surface area contributed by atoms with Gasteiger partial charge in [0.2, 0.25) is 11.8 Å². The third-order valence-corrected chi connectivity index (χ3v) is 6.72. The summed E-state index contributed by atoms with van der Waals surface area (Å²) in [4.78, 5) is 42.7. The first kappa shape index (κ1) is 20.7. The number of methoxy groups -OCH3 is 1. The molecule has 3 amide bonds. The van der Waals surface area contributed by atoms with Gasteiger partial charge in [-0.1, -0.05) is 6.07 Å². The zero-order valence-corrected chi connectivity index (χ0v) is 17.9. The molecular weight excluding hydrogens is 384 g/mol. The van der Waals surface area contributed by atoms with E-state index in [1.807, 2.05) is 12.1 Å². The molecule has 0 aromatic heterocycles. The summed E-state index contributed by atoms with van der Waals surface area (Å²) in [7, 11) is 5.01. The van der Waals surface area contributed by atoms with Crippen molar-refractivity contribution in [2.45, 2.75) is 37.3 Å². The van der Waals surface area contributed by atoms with Crippen LogP contribution in [-0.4, -0.2) is 79.9 Å². The molecule has 8 heteroatoms. The summed E-state index contributed by atoms with van der Waals surface area (Å²) >= 11 is 0. The van der Waals surface area contributed by atoms with Crippen molar-refractivity contribution in [3.8, 4) is 5.75 Å². The van der Waals surface area contributed by atoms with E-state index in [9.17, 15) is 14.4 Å². The number of hydrogen-bond donors (Lipinski definition) is 2. The number of benzene rings is 1. The number of nitrogens with zero attached hydrogens (tertiary/aromatic N) is 2. The van der Waals surface area contributed by atoms with Gasteiger partial charge >= 0.3 is 0 Å². The number of carbonyl (C=O) groups is 3. The molecule has 0 radical (unpaired) electrons. The lowest BCUT2D eigenvalue weighted by Gasteiger charge is -2.34. The third kappa shape index (κ3) is 3.53. The molecule has 4 rings (SSSR count). The zero-order valence-electron chi connectivity index (χ0n) is 17.9. The van der Waals surface area contributed by atoms with Crippen molar-refractivity contribution in [3.63, 3.8) is 0 Å². The number of amides is 3. The predicted octanol–water partition coefficient (Wildman–Crippen LogP) is 0.409. The molecule has 1 spiro atoms. The second kappa shape index (κ2) is 7.91. The van der Waals surface area contributed by atoms with Crippen LogP contribution >= 0.6 is 0 Å². The largest absolute Gasteiger partial charge is 0.497 e. The lowest BCUT2D eigenvalue weighted by molar-refractivity contribution is -0.135. The van der Waals surface area contributed by atoms with Gasteiger partial charge in [-0.05, 0) is 49.9 Å². The highest BCUT2D eigenvalue weighted by Gasteiger charge is 2.54. The number of nitrogens with one attached hydrogen (secondary N) is 2. The van der Waals surface area contributed by atoms with Crippen LogP contribution in [0.25, 0.3) is 0 Å². The highest BCUT2D eigenvalue weighted by molar-refractivity contribution is 5.98. The Morgan fingerprint density at radius 3 is 2.77 bits per heavy atom. The average Bonchev–Trinajstić information content (AvgIpc) is 3.37. The standard InChI is InChI=1S/C22H30N4O4/c1-25(2)20(28)17-12-26(21(29)18-5-4-10-23-18)13-22(17)9-8-14-6-7-15(30-3)11-16(14)19(27)24-22/h6-7,11,17-18,23H,4-5,8-10,12-13H2,1-3H3,(H,24,27)/t17-,18?,22+/m1/s1. The Kier molecular flexibility index (Phi) is 5.44. The van der Waals surface area contributed by atoms with E-state index >= 15 is 0 Å². The number of hydrogen-bond acceptors (Lipinski definition) is 5. The van der Waals surface area contributed by atoms with E-state index in [1.165, 1.54) is 0 Å². The lowest BCUT2D eigenvalue weighted by Crippen LogP contribution is -2.57. The summed E-state index contributed by atoms with van der Waals surface area (Å²) in [6.07, 6.45) is 3.04. The molecule has 162 valence electrons. The maximum Gasteiger partial charge on any atom is 0.252 e. The Bertz CT molecular complexity index is 865. The van der Waals surface area contributed by atoms with Gasteiger partial charge in [0.25, 0.3) is 5.91 Å². The highest BCUT2D eigenvalue weighted by atomic mass is 16.5. The van der Waals surface area contributed by atoms with Gasteiger partial charge in [-0.2, -0.15) is 0 Å². The molecule has 1 unspecified atom stereocenters. The molecule has 0 bridgehead atoms. The quantitative estimate of drug-likeness (QED) is 0.748. The fraction of sp³-hybridized carbons (Fsp3) is 0.591. The predicted molar refractivity (Wildman–Crippen MR) is 111 cm³/mol. The van der Waals surface area contributed by atoms with Crippen LogP contribution < -0.4 is 15.4 Å². The molecule has 3 aliphatic rings. The van der Waals surface area contributed by atoms with Gasteiger partial charge in [-0.25, -0.2) is 0 Å². The molecule has 30 heavy (non-hydrogen) atoms. The SMILES string of the molecule is COc1ccc2c(c1)C(=O)N[C@@]1(CC2)CN(C(=O)C2CCCN2)C[C@@H]1C(=O)N(C)C. The molecule has 2 fully saturated rings. The van der Waals surface area contributed by atoms with Gasteiger partial charge in [-0.15, -0.1) is 0 Å². The average molecular weight is 415 g/mol. The summed E-state index contributed by atoms with van der Waals surface area (Å²) in [6.45, 7) is 1.52. The van der Waals surface area contributed by atoms with Crippen LogP contribution in [0, 0.1) is 5.92 Å². The summed E-state index contributed by atoms with van der Waals surface area (Å²) < 4.78 is 5.28. The van der Waals surface area contributed by atoms with Gasteiger partial charge in [-0.3, -0.25) is 14.4 Å². The van der Waals surface area contributed by atoms with Crippen molar-refractivity contribution in [1.29, 1.82) is 0 Å². The maximum absolute atomic E-state index is 13.2. The molecule has 2 N–H and O–H groups in total.